The monoisotopic (exact) mass is 270 g/mol. The molecule has 2 rings (SSSR count). The number of aromatic carboxylic acids is 1. The van der Waals surface area contributed by atoms with Crippen molar-refractivity contribution in [2.24, 2.45) is 5.92 Å². The molecule has 1 aromatic rings. The molecule has 18 heavy (non-hydrogen) atoms. The van der Waals surface area contributed by atoms with Crippen molar-refractivity contribution in [1.82, 2.24) is 9.78 Å². The van der Waals surface area contributed by atoms with Crippen LogP contribution in [0.1, 0.15) is 61.6 Å². The van der Waals surface area contributed by atoms with Crippen molar-refractivity contribution < 1.29 is 9.90 Å². The summed E-state index contributed by atoms with van der Waals surface area (Å²) < 4.78 is 1.73. The van der Waals surface area contributed by atoms with Gasteiger partial charge in [-0.1, -0.05) is 38.3 Å². The molecule has 0 aromatic carbocycles. The Morgan fingerprint density at radius 1 is 1.50 bits per heavy atom. The minimum absolute atomic E-state index is 0.192. The minimum atomic E-state index is -0.972. The van der Waals surface area contributed by atoms with Crippen LogP contribution in [0.3, 0.4) is 0 Å². The Morgan fingerprint density at radius 3 is 2.61 bits per heavy atom. The predicted octanol–water partition coefficient (Wildman–Crippen LogP) is 3.55. The number of hydrogen-bond acceptors (Lipinski definition) is 2. The summed E-state index contributed by atoms with van der Waals surface area (Å²) in [5.74, 6) is -0.606. The van der Waals surface area contributed by atoms with Gasteiger partial charge < -0.3 is 5.11 Å². The standard InChI is InChI=1S/C13H19ClN2O2/c1-8(2)7-10-11(13(17)18)12(14)16(15-10)9-5-3-4-6-9/h8-9H,3-7H2,1-2H3,(H,17,18). The van der Waals surface area contributed by atoms with Crippen molar-refractivity contribution in [3.63, 3.8) is 0 Å². The van der Waals surface area contributed by atoms with E-state index in [9.17, 15) is 9.90 Å². The third-order valence-electron chi connectivity index (χ3n) is 3.41. The van der Waals surface area contributed by atoms with Crippen LogP contribution in [-0.2, 0) is 6.42 Å². The summed E-state index contributed by atoms with van der Waals surface area (Å²) in [6.45, 7) is 4.10. The lowest BCUT2D eigenvalue weighted by Crippen LogP contribution is -2.07. The van der Waals surface area contributed by atoms with Crippen LogP contribution >= 0.6 is 11.6 Å². The fourth-order valence-electron chi connectivity index (χ4n) is 2.59. The first-order chi connectivity index (χ1) is 8.50. The second-order valence-corrected chi connectivity index (χ2v) is 5.76. The van der Waals surface area contributed by atoms with E-state index in [4.69, 9.17) is 11.6 Å². The van der Waals surface area contributed by atoms with E-state index >= 15 is 0 Å². The van der Waals surface area contributed by atoms with Gasteiger partial charge in [-0.3, -0.25) is 0 Å². The van der Waals surface area contributed by atoms with Crippen LogP contribution in [0.15, 0.2) is 0 Å². The van der Waals surface area contributed by atoms with Crippen LogP contribution in [0.25, 0.3) is 0 Å². The molecule has 1 fully saturated rings. The van der Waals surface area contributed by atoms with Gasteiger partial charge in [-0.25, -0.2) is 9.48 Å². The lowest BCUT2D eigenvalue weighted by Gasteiger charge is -2.10. The first-order valence-electron chi connectivity index (χ1n) is 6.51. The summed E-state index contributed by atoms with van der Waals surface area (Å²) >= 11 is 6.21. The van der Waals surface area contributed by atoms with Gasteiger partial charge in [-0.15, -0.1) is 0 Å². The molecule has 1 aliphatic rings. The van der Waals surface area contributed by atoms with Crippen molar-refractivity contribution >= 4 is 17.6 Å². The van der Waals surface area contributed by atoms with E-state index < -0.39 is 5.97 Å². The molecule has 100 valence electrons. The number of carboxylic acid groups (broad SMARTS) is 1. The zero-order valence-corrected chi connectivity index (χ0v) is 11.6. The number of nitrogens with zero attached hydrogens (tertiary/aromatic N) is 2. The molecule has 0 radical (unpaired) electrons. The number of aromatic nitrogens is 2. The molecule has 1 saturated carbocycles. The molecular weight excluding hydrogens is 252 g/mol. The second-order valence-electron chi connectivity index (χ2n) is 5.40. The van der Waals surface area contributed by atoms with Gasteiger partial charge in [0.1, 0.15) is 10.7 Å². The van der Waals surface area contributed by atoms with Gasteiger partial charge in [0.25, 0.3) is 0 Å². The molecule has 0 amide bonds. The van der Waals surface area contributed by atoms with Gasteiger partial charge in [0.2, 0.25) is 0 Å². The summed E-state index contributed by atoms with van der Waals surface area (Å²) in [6, 6.07) is 0.275. The molecule has 0 atom stereocenters. The molecule has 1 N–H and O–H groups in total. The van der Waals surface area contributed by atoms with E-state index in [1.807, 2.05) is 13.8 Å². The Hall–Kier alpha value is -1.03. The van der Waals surface area contributed by atoms with Gasteiger partial charge in [0, 0.05) is 0 Å². The van der Waals surface area contributed by atoms with Crippen LogP contribution in [0.2, 0.25) is 5.15 Å². The normalized spacial score (nSPS) is 16.7. The molecule has 0 unspecified atom stereocenters. The summed E-state index contributed by atoms with van der Waals surface area (Å²) in [7, 11) is 0. The van der Waals surface area contributed by atoms with Crippen molar-refractivity contribution in [2.75, 3.05) is 0 Å². The SMILES string of the molecule is CC(C)Cc1nn(C2CCCC2)c(Cl)c1C(=O)O. The fourth-order valence-corrected chi connectivity index (χ4v) is 2.96. The van der Waals surface area contributed by atoms with Crippen molar-refractivity contribution in [3.8, 4) is 0 Å². The van der Waals surface area contributed by atoms with Crippen LogP contribution < -0.4 is 0 Å². The number of halogens is 1. The van der Waals surface area contributed by atoms with Crippen LogP contribution in [0.4, 0.5) is 0 Å². The van der Waals surface area contributed by atoms with Gasteiger partial charge in [0.15, 0.2) is 0 Å². The quantitative estimate of drug-likeness (QED) is 0.910. The van der Waals surface area contributed by atoms with E-state index in [0.717, 1.165) is 12.8 Å². The van der Waals surface area contributed by atoms with E-state index in [2.05, 4.69) is 5.10 Å². The number of rotatable bonds is 4. The van der Waals surface area contributed by atoms with Crippen LogP contribution in [0, 0.1) is 5.92 Å². The number of hydrogen-bond donors (Lipinski definition) is 1. The maximum absolute atomic E-state index is 11.3. The molecule has 0 bridgehead atoms. The van der Waals surface area contributed by atoms with Crippen molar-refractivity contribution in [3.05, 3.63) is 16.4 Å². The van der Waals surface area contributed by atoms with E-state index in [1.165, 1.54) is 12.8 Å². The third kappa shape index (κ3) is 2.53. The molecule has 1 aliphatic carbocycles. The smallest absolute Gasteiger partial charge is 0.340 e. The van der Waals surface area contributed by atoms with Gasteiger partial charge in [-0.2, -0.15) is 5.10 Å². The summed E-state index contributed by atoms with van der Waals surface area (Å²) in [4.78, 5) is 11.3. The molecular formula is C13H19ClN2O2. The molecule has 0 aliphatic heterocycles. The van der Waals surface area contributed by atoms with Crippen molar-refractivity contribution in [1.29, 1.82) is 0 Å². The predicted molar refractivity (Wildman–Crippen MR) is 70.2 cm³/mol. The van der Waals surface area contributed by atoms with E-state index in [-0.39, 0.29) is 11.6 Å². The van der Waals surface area contributed by atoms with Gasteiger partial charge in [-0.05, 0) is 25.2 Å². The van der Waals surface area contributed by atoms with Crippen LogP contribution in [0.5, 0.6) is 0 Å². The third-order valence-corrected chi connectivity index (χ3v) is 3.77. The van der Waals surface area contributed by atoms with Gasteiger partial charge >= 0.3 is 5.97 Å². The molecule has 1 heterocycles. The zero-order valence-electron chi connectivity index (χ0n) is 10.8. The highest BCUT2D eigenvalue weighted by Gasteiger charge is 2.27. The molecule has 4 nitrogen and oxygen atoms in total. The first kappa shape index (κ1) is 13.4. The Morgan fingerprint density at radius 2 is 2.11 bits per heavy atom. The molecule has 5 heteroatoms. The molecule has 0 saturated heterocycles. The average Bonchev–Trinajstić information content (AvgIpc) is 2.84. The zero-order chi connectivity index (χ0) is 13.3. The summed E-state index contributed by atoms with van der Waals surface area (Å²) in [5.41, 5.74) is 0.812. The Bertz CT molecular complexity index is 448. The Labute approximate surface area is 112 Å². The molecule has 0 spiro atoms. The Balaban J connectivity index is 2.39. The van der Waals surface area contributed by atoms with E-state index in [1.54, 1.807) is 4.68 Å². The average molecular weight is 271 g/mol. The molecule has 1 aromatic heterocycles. The highest BCUT2D eigenvalue weighted by molar-refractivity contribution is 6.32. The van der Waals surface area contributed by atoms with E-state index in [0.29, 0.717) is 23.2 Å². The van der Waals surface area contributed by atoms with Crippen molar-refractivity contribution in [2.45, 2.75) is 52.0 Å². The summed E-state index contributed by atoms with van der Waals surface area (Å²) in [5, 5.41) is 14.0. The van der Waals surface area contributed by atoms with Gasteiger partial charge in [0.05, 0.1) is 11.7 Å². The summed E-state index contributed by atoms with van der Waals surface area (Å²) in [6.07, 6.45) is 5.08. The lowest BCUT2D eigenvalue weighted by molar-refractivity contribution is 0.0695. The highest BCUT2D eigenvalue weighted by Crippen LogP contribution is 2.34. The number of carboxylic acids is 1. The lowest BCUT2D eigenvalue weighted by atomic mass is 10.1. The maximum atomic E-state index is 11.3. The largest absolute Gasteiger partial charge is 0.478 e. The first-order valence-corrected chi connectivity index (χ1v) is 6.88. The maximum Gasteiger partial charge on any atom is 0.340 e. The minimum Gasteiger partial charge on any atom is -0.478 e. The fraction of sp³-hybridized carbons (Fsp3) is 0.692. The van der Waals surface area contributed by atoms with Crippen LogP contribution in [-0.4, -0.2) is 20.9 Å². The second kappa shape index (κ2) is 5.31. The number of carbonyl (C=O) groups is 1. The topological polar surface area (TPSA) is 55.1 Å². The highest BCUT2D eigenvalue weighted by atomic mass is 35.5. The Kier molecular flexibility index (Phi) is 3.95.